The molecule has 86 valence electrons. The first-order valence-corrected chi connectivity index (χ1v) is 4.27. The van der Waals surface area contributed by atoms with Crippen LogP contribution in [-0.2, 0) is 11.3 Å². The summed E-state index contributed by atoms with van der Waals surface area (Å²) >= 11 is 5.42. The number of aromatic nitrogens is 2. The van der Waals surface area contributed by atoms with Gasteiger partial charge in [-0.05, 0) is 21.5 Å². The Hall–Kier alpha value is -2.03. The molecule has 0 spiro atoms. The number of Topliss-reactive ketones (excluding diaryl/α,β-unsaturated/α-hetero) is 1. The number of rotatable bonds is 4. The Balaban J connectivity index is 3.36. The van der Waals surface area contributed by atoms with Crippen molar-refractivity contribution in [3.05, 3.63) is 25.3 Å². The number of nitrogens with zero attached hydrogens (tertiary/aromatic N) is 4. The second-order valence-electron chi connectivity index (χ2n) is 2.84. The fourth-order valence-electron chi connectivity index (χ4n) is 1.03. The third-order valence-corrected chi connectivity index (χ3v) is 1.91. The van der Waals surface area contributed by atoms with E-state index in [-0.39, 0.29) is 0 Å². The van der Waals surface area contributed by atoms with Gasteiger partial charge in [0.25, 0.3) is 0 Å². The van der Waals surface area contributed by atoms with Crippen LogP contribution in [0.1, 0.15) is 6.92 Å². The van der Waals surface area contributed by atoms with E-state index >= 15 is 0 Å². The van der Waals surface area contributed by atoms with Crippen molar-refractivity contribution in [1.29, 1.82) is 0 Å². The van der Waals surface area contributed by atoms with Gasteiger partial charge in [0.1, 0.15) is 0 Å². The van der Waals surface area contributed by atoms with Crippen LogP contribution in [0.15, 0.2) is 0 Å². The highest BCUT2D eigenvalue weighted by molar-refractivity contribution is 6.34. The first kappa shape index (κ1) is 12.0. The van der Waals surface area contributed by atoms with Crippen LogP contribution in [-0.4, -0.2) is 25.4 Å². The molecule has 0 fully saturated rings. The molecule has 1 aromatic heterocycles. The maximum atomic E-state index is 10.8. The van der Waals surface area contributed by atoms with E-state index in [4.69, 9.17) is 11.6 Å². The lowest BCUT2D eigenvalue weighted by atomic mass is 10.4. The zero-order valence-corrected chi connectivity index (χ0v) is 8.67. The molecular formula is C6H5ClN4O5. The summed E-state index contributed by atoms with van der Waals surface area (Å²) < 4.78 is 0.600. The fourth-order valence-corrected chi connectivity index (χ4v) is 1.30. The molecule has 1 rings (SSSR count). The van der Waals surface area contributed by atoms with E-state index in [9.17, 15) is 25.0 Å². The predicted octanol–water partition coefficient (Wildman–Crippen LogP) is 0.942. The van der Waals surface area contributed by atoms with Gasteiger partial charge in [-0.15, -0.1) is 0 Å². The van der Waals surface area contributed by atoms with Crippen molar-refractivity contribution in [3.63, 3.8) is 0 Å². The van der Waals surface area contributed by atoms with E-state index in [2.05, 4.69) is 5.10 Å². The van der Waals surface area contributed by atoms with E-state index in [0.29, 0.717) is 4.68 Å². The minimum Gasteiger partial charge on any atom is -0.358 e. The van der Waals surface area contributed by atoms with Crippen LogP contribution < -0.4 is 0 Å². The largest absolute Gasteiger partial charge is 0.439 e. The molecule has 0 aliphatic heterocycles. The van der Waals surface area contributed by atoms with Crippen molar-refractivity contribution < 1.29 is 14.6 Å². The highest BCUT2D eigenvalue weighted by atomic mass is 35.5. The molecule has 0 aliphatic carbocycles. The number of hydrogen-bond acceptors (Lipinski definition) is 6. The van der Waals surface area contributed by atoms with Gasteiger partial charge in [0.2, 0.25) is 5.02 Å². The van der Waals surface area contributed by atoms with Gasteiger partial charge in [-0.1, -0.05) is 11.6 Å². The fraction of sp³-hybridized carbons (Fsp3) is 0.333. The number of nitro groups is 2. The van der Waals surface area contributed by atoms with Gasteiger partial charge >= 0.3 is 11.6 Å². The molecular weight excluding hydrogens is 244 g/mol. The van der Waals surface area contributed by atoms with Gasteiger partial charge < -0.3 is 20.2 Å². The van der Waals surface area contributed by atoms with E-state index in [1.807, 2.05) is 0 Å². The van der Waals surface area contributed by atoms with Crippen LogP contribution in [0.4, 0.5) is 11.6 Å². The smallest absolute Gasteiger partial charge is 0.358 e. The number of halogens is 1. The van der Waals surface area contributed by atoms with Crippen LogP contribution in [0.5, 0.6) is 0 Å². The molecule has 0 amide bonds. The normalized spacial score (nSPS) is 10.1. The Morgan fingerprint density at radius 3 is 2.38 bits per heavy atom. The van der Waals surface area contributed by atoms with Gasteiger partial charge in [0.15, 0.2) is 17.4 Å². The maximum Gasteiger partial charge on any atom is 0.439 e. The van der Waals surface area contributed by atoms with Gasteiger partial charge in [0.05, 0.1) is 0 Å². The molecule has 0 saturated carbocycles. The zero-order valence-electron chi connectivity index (χ0n) is 7.92. The maximum absolute atomic E-state index is 10.8. The van der Waals surface area contributed by atoms with Gasteiger partial charge in [-0.2, -0.15) is 0 Å². The second kappa shape index (κ2) is 4.23. The monoisotopic (exact) mass is 248 g/mol. The van der Waals surface area contributed by atoms with E-state index in [1.165, 1.54) is 6.92 Å². The van der Waals surface area contributed by atoms with Crippen LogP contribution in [0.3, 0.4) is 0 Å². The van der Waals surface area contributed by atoms with Crippen molar-refractivity contribution in [2.24, 2.45) is 0 Å². The zero-order chi connectivity index (χ0) is 12.5. The van der Waals surface area contributed by atoms with Gasteiger partial charge in [0, 0.05) is 0 Å². The van der Waals surface area contributed by atoms with Crippen LogP contribution in [0.2, 0.25) is 5.02 Å². The average molecular weight is 249 g/mol. The minimum absolute atomic E-state index is 0.433. The average Bonchev–Trinajstić information content (AvgIpc) is 2.41. The molecule has 16 heavy (non-hydrogen) atoms. The summed E-state index contributed by atoms with van der Waals surface area (Å²) in [6.07, 6.45) is 0. The van der Waals surface area contributed by atoms with Crippen LogP contribution in [0, 0.1) is 20.2 Å². The lowest BCUT2D eigenvalue weighted by Gasteiger charge is -1.92. The van der Waals surface area contributed by atoms with E-state index in [1.54, 1.807) is 0 Å². The first-order valence-electron chi connectivity index (χ1n) is 3.89. The summed E-state index contributed by atoms with van der Waals surface area (Å²) in [7, 11) is 0. The predicted molar refractivity (Wildman–Crippen MR) is 51.2 cm³/mol. The molecule has 0 aromatic carbocycles. The molecule has 0 unspecified atom stereocenters. The number of hydrogen-bond donors (Lipinski definition) is 0. The van der Waals surface area contributed by atoms with Gasteiger partial charge in [-0.25, -0.2) is 0 Å². The summed E-state index contributed by atoms with van der Waals surface area (Å²) in [4.78, 5) is 29.9. The van der Waals surface area contributed by atoms with Crippen molar-refractivity contribution in [2.45, 2.75) is 13.5 Å². The molecule has 0 saturated heterocycles. The lowest BCUT2D eigenvalue weighted by Crippen LogP contribution is -2.10. The first-order chi connectivity index (χ1) is 7.34. The third kappa shape index (κ3) is 2.14. The van der Waals surface area contributed by atoms with Crippen LogP contribution in [0.25, 0.3) is 0 Å². The van der Waals surface area contributed by atoms with E-state index < -0.39 is 38.8 Å². The summed E-state index contributed by atoms with van der Waals surface area (Å²) in [5.74, 6) is -2.03. The lowest BCUT2D eigenvalue weighted by molar-refractivity contribution is -0.394. The highest BCUT2D eigenvalue weighted by Gasteiger charge is 2.36. The number of carbonyl (C=O) groups is 1. The van der Waals surface area contributed by atoms with Crippen molar-refractivity contribution in [3.8, 4) is 0 Å². The Kier molecular flexibility index (Phi) is 3.18. The molecule has 0 bridgehead atoms. The Bertz CT molecular complexity index is 482. The minimum atomic E-state index is -0.952. The van der Waals surface area contributed by atoms with Gasteiger partial charge in [-0.3, -0.25) is 4.79 Å². The Morgan fingerprint density at radius 1 is 1.44 bits per heavy atom. The second-order valence-corrected chi connectivity index (χ2v) is 3.21. The molecule has 1 heterocycles. The molecule has 0 N–H and O–H groups in total. The standard InChI is InChI=1S/C6H5ClN4O5/c1-3(12)2-9-6(11(15)16)4(7)5(8-9)10(13)14/h2H2,1H3. The SMILES string of the molecule is CC(=O)Cn1nc([N+](=O)[O-])c(Cl)c1[N+](=O)[O-]. The van der Waals surface area contributed by atoms with E-state index in [0.717, 1.165) is 0 Å². The quantitative estimate of drug-likeness (QED) is 0.577. The van der Waals surface area contributed by atoms with Crippen molar-refractivity contribution >= 4 is 29.0 Å². The topological polar surface area (TPSA) is 121 Å². The van der Waals surface area contributed by atoms with Crippen molar-refractivity contribution in [2.75, 3.05) is 0 Å². The Morgan fingerprint density at radius 2 is 2.00 bits per heavy atom. The highest BCUT2D eigenvalue weighted by Crippen LogP contribution is 2.32. The number of carbonyl (C=O) groups excluding carboxylic acids is 1. The summed E-state index contributed by atoms with van der Waals surface area (Å²) in [5, 5.41) is 23.6. The molecule has 9 nitrogen and oxygen atoms in total. The van der Waals surface area contributed by atoms with Crippen LogP contribution >= 0.6 is 11.6 Å². The summed E-state index contributed by atoms with van der Waals surface area (Å²) in [6.45, 7) is 0.731. The third-order valence-electron chi connectivity index (χ3n) is 1.57. The summed E-state index contributed by atoms with van der Waals surface area (Å²) in [5.41, 5.74) is 0. The Labute approximate surface area is 92.9 Å². The van der Waals surface area contributed by atoms with Crippen molar-refractivity contribution in [1.82, 2.24) is 9.78 Å². The molecule has 0 atom stereocenters. The molecule has 1 aromatic rings. The summed E-state index contributed by atoms with van der Waals surface area (Å²) in [6, 6.07) is 0. The number of ketones is 1. The molecule has 0 aliphatic rings. The molecule has 10 heteroatoms. The molecule has 0 radical (unpaired) electrons.